The van der Waals surface area contributed by atoms with E-state index in [4.69, 9.17) is 4.74 Å². The number of nitro benzene ring substituents is 1. The van der Waals surface area contributed by atoms with Gasteiger partial charge < -0.3 is 15.4 Å². The number of rotatable bonds is 5. The van der Waals surface area contributed by atoms with Crippen LogP contribution >= 0.6 is 0 Å². The van der Waals surface area contributed by atoms with Gasteiger partial charge in [-0.15, -0.1) is 0 Å². The summed E-state index contributed by atoms with van der Waals surface area (Å²) in [6, 6.07) is 20.2. The highest BCUT2D eigenvalue weighted by Crippen LogP contribution is 2.26. The molecule has 32 heavy (non-hydrogen) atoms. The molecule has 9 nitrogen and oxygen atoms in total. The van der Waals surface area contributed by atoms with Gasteiger partial charge in [0.1, 0.15) is 5.75 Å². The Bertz CT molecular complexity index is 1240. The lowest BCUT2D eigenvalue weighted by atomic mass is 10.0. The van der Waals surface area contributed by atoms with E-state index in [1.54, 1.807) is 12.1 Å². The van der Waals surface area contributed by atoms with E-state index in [9.17, 15) is 19.7 Å². The van der Waals surface area contributed by atoms with E-state index in [0.29, 0.717) is 11.4 Å². The monoisotopic (exact) mass is 430 g/mol. The van der Waals surface area contributed by atoms with Gasteiger partial charge in [0, 0.05) is 17.2 Å². The van der Waals surface area contributed by atoms with Crippen molar-refractivity contribution in [3.05, 3.63) is 99.6 Å². The van der Waals surface area contributed by atoms with Crippen LogP contribution in [0.2, 0.25) is 0 Å². The minimum absolute atomic E-state index is 0.0151. The SMILES string of the molecule is COc1cc([N+](=O)[O-])ccc1C(=O)N[C@@H]1N=C(c2ccccc2)c2ccccc2NC1=O. The summed E-state index contributed by atoms with van der Waals surface area (Å²) in [6.07, 6.45) is -1.23. The number of nitro groups is 1. The molecule has 0 unspecified atom stereocenters. The average molecular weight is 430 g/mol. The first-order valence-electron chi connectivity index (χ1n) is 9.64. The standard InChI is InChI=1S/C23H18N4O5/c1-32-19-13-15(27(30)31)11-12-17(19)22(28)26-21-23(29)24-18-10-6-5-9-16(18)20(25-21)14-7-3-2-4-8-14/h2-13,21H,1H3,(H,24,29)(H,26,28)/t21-/m0/s1. The van der Waals surface area contributed by atoms with Gasteiger partial charge in [-0.25, -0.2) is 4.99 Å². The Morgan fingerprint density at radius 1 is 1.09 bits per heavy atom. The zero-order chi connectivity index (χ0) is 22.7. The molecule has 0 aliphatic carbocycles. The molecule has 1 aliphatic heterocycles. The summed E-state index contributed by atoms with van der Waals surface area (Å²) in [5, 5.41) is 16.4. The lowest BCUT2D eigenvalue weighted by Gasteiger charge is -2.15. The molecule has 0 radical (unpaired) electrons. The maximum Gasteiger partial charge on any atom is 0.273 e. The number of benzodiazepines with no additional fused rings is 1. The molecule has 4 rings (SSSR count). The Labute approximate surface area is 182 Å². The summed E-state index contributed by atoms with van der Waals surface area (Å²) in [5.41, 5.74) is 2.44. The number of carbonyl (C=O) groups excluding carboxylic acids is 2. The zero-order valence-electron chi connectivity index (χ0n) is 16.9. The number of nitrogens with one attached hydrogen (secondary N) is 2. The second kappa shape index (κ2) is 8.68. The van der Waals surface area contributed by atoms with Gasteiger partial charge in [-0.1, -0.05) is 48.5 Å². The van der Waals surface area contributed by atoms with Crippen molar-refractivity contribution in [2.24, 2.45) is 4.99 Å². The number of non-ortho nitro benzene ring substituents is 1. The predicted octanol–water partition coefficient (Wildman–Crippen LogP) is 3.15. The molecule has 0 aromatic heterocycles. The molecule has 2 N–H and O–H groups in total. The number of ether oxygens (including phenoxy) is 1. The van der Waals surface area contributed by atoms with E-state index < -0.39 is 22.9 Å². The van der Waals surface area contributed by atoms with Gasteiger partial charge in [0.2, 0.25) is 6.17 Å². The van der Waals surface area contributed by atoms with Crippen LogP contribution in [0.15, 0.2) is 77.8 Å². The van der Waals surface area contributed by atoms with Crippen molar-refractivity contribution >= 4 is 28.9 Å². The first-order valence-corrected chi connectivity index (χ1v) is 9.64. The van der Waals surface area contributed by atoms with Gasteiger partial charge in [-0.2, -0.15) is 0 Å². The van der Waals surface area contributed by atoms with Crippen LogP contribution in [0.5, 0.6) is 5.75 Å². The fourth-order valence-electron chi connectivity index (χ4n) is 3.36. The van der Waals surface area contributed by atoms with Crippen molar-refractivity contribution in [1.82, 2.24) is 5.32 Å². The first kappa shape index (κ1) is 20.7. The largest absolute Gasteiger partial charge is 0.496 e. The average Bonchev–Trinajstić information content (AvgIpc) is 2.95. The summed E-state index contributed by atoms with van der Waals surface area (Å²) in [6.45, 7) is 0. The molecule has 0 saturated carbocycles. The van der Waals surface area contributed by atoms with Crippen molar-refractivity contribution in [2.45, 2.75) is 6.17 Å². The van der Waals surface area contributed by atoms with Crippen LogP contribution in [0, 0.1) is 10.1 Å². The molecular weight excluding hydrogens is 412 g/mol. The second-order valence-electron chi connectivity index (χ2n) is 6.90. The minimum Gasteiger partial charge on any atom is -0.496 e. The maximum atomic E-state index is 12.9. The normalized spacial score (nSPS) is 15.0. The summed E-state index contributed by atoms with van der Waals surface area (Å²) in [4.78, 5) is 40.8. The summed E-state index contributed by atoms with van der Waals surface area (Å²) in [7, 11) is 1.30. The molecule has 1 heterocycles. The van der Waals surface area contributed by atoms with Crippen LogP contribution in [0.1, 0.15) is 21.5 Å². The third kappa shape index (κ3) is 4.04. The topological polar surface area (TPSA) is 123 Å². The number of carbonyl (C=O) groups is 2. The lowest BCUT2D eigenvalue weighted by Crippen LogP contribution is -2.42. The number of fused-ring (bicyclic) bond motifs is 1. The Kier molecular flexibility index (Phi) is 5.63. The highest BCUT2D eigenvalue weighted by atomic mass is 16.6. The Balaban J connectivity index is 1.71. The van der Waals surface area contributed by atoms with E-state index in [0.717, 1.165) is 17.2 Å². The highest BCUT2D eigenvalue weighted by Gasteiger charge is 2.28. The minimum atomic E-state index is -1.23. The lowest BCUT2D eigenvalue weighted by molar-refractivity contribution is -0.384. The fourth-order valence-corrected chi connectivity index (χ4v) is 3.36. The molecule has 1 aliphatic rings. The highest BCUT2D eigenvalue weighted by molar-refractivity contribution is 6.20. The predicted molar refractivity (Wildman–Crippen MR) is 118 cm³/mol. The number of nitrogens with zero attached hydrogens (tertiary/aromatic N) is 2. The number of para-hydroxylation sites is 1. The molecule has 1 atom stereocenters. The number of benzene rings is 3. The van der Waals surface area contributed by atoms with Gasteiger partial charge in [-0.3, -0.25) is 19.7 Å². The van der Waals surface area contributed by atoms with Crippen molar-refractivity contribution in [3.8, 4) is 5.75 Å². The van der Waals surface area contributed by atoms with Gasteiger partial charge in [0.05, 0.1) is 35.1 Å². The first-order chi connectivity index (χ1) is 15.5. The van der Waals surface area contributed by atoms with Gasteiger partial charge in [0.15, 0.2) is 0 Å². The van der Waals surface area contributed by atoms with Crippen molar-refractivity contribution in [1.29, 1.82) is 0 Å². The number of aliphatic imine (C=N–C) groups is 1. The molecule has 3 aromatic rings. The van der Waals surface area contributed by atoms with Crippen LogP contribution in [-0.4, -0.2) is 35.7 Å². The van der Waals surface area contributed by atoms with E-state index in [2.05, 4.69) is 15.6 Å². The Hall–Kier alpha value is -4.53. The fraction of sp³-hybridized carbons (Fsp3) is 0.0870. The molecule has 0 fully saturated rings. The number of anilines is 1. The van der Waals surface area contributed by atoms with Crippen LogP contribution in [0.3, 0.4) is 0 Å². The zero-order valence-corrected chi connectivity index (χ0v) is 16.9. The van der Waals surface area contributed by atoms with E-state index in [1.165, 1.54) is 19.2 Å². The second-order valence-corrected chi connectivity index (χ2v) is 6.90. The van der Waals surface area contributed by atoms with Gasteiger partial charge in [-0.05, 0) is 12.1 Å². The molecule has 0 saturated heterocycles. The van der Waals surface area contributed by atoms with E-state index >= 15 is 0 Å². The third-order valence-electron chi connectivity index (χ3n) is 4.90. The number of hydrogen-bond donors (Lipinski definition) is 2. The molecule has 0 spiro atoms. The van der Waals surface area contributed by atoms with Crippen LogP contribution in [0.25, 0.3) is 0 Å². The third-order valence-corrected chi connectivity index (χ3v) is 4.90. The molecular formula is C23H18N4O5. The Morgan fingerprint density at radius 2 is 1.81 bits per heavy atom. The molecule has 0 bridgehead atoms. The van der Waals surface area contributed by atoms with Crippen molar-refractivity contribution in [2.75, 3.05) is 12.4 Å². The van der Waals surface area contributed by atoms with Gasteiger partial charge in [0.25, 0.3) is 17.5 Å². The van der Waals surface area contributed by atoms with Crippen LogP contribution < -0.4 is 15.4 Å². The molecule has 2 amide bonds. The molecule has 160 valence electrons. The van der Waals surface area contributed by atoms with E-state index in [-0.39, 0.29) is 17.0 Å². The number of amides is 2. The smallest absolute Gasteiger partial charge is 0.273 e. The van der Waals surface area contributed by atoms with Crippen LogP contribution in [0.4, 0.5) is 11.4 Å². The number of hydrogen-bond acceptors (Lipinski definition) is 6. The van der Waals surface area contributed by atoms with Crippen molar-refractivity contribution < 1.29 is 19.2 Å². The van der Waals surface area contributed by atoms with Crippen LogP contribution in [-0.2, 0) is 4.79 Å². The summed E-state index contributed by atoms with van der Waals surface area (Å²) < 4.78 is 5.14. The quantitative estimate of drug-likeness (QED) is 0.475. The maximum absolute atomic E-state index is 12.9. The molecule has 9 heteroatoms. The van der Waals surface area contributed by atoms with Gasteiger partial charge >= 0.3 is 0 Å². The summed E-state index contributed by atoms with van der Waals surface area (Å²) >= 11 is 0. The summed E-state index contributed by atoms with van der Waals surface area (Å²) in [5.74, 6) is -1.15. The Morgan fingerprint density at radius 3 is 2.53 bits per heavy atom. The van der Waals surface area contributed by atoms with Crippen molar-refractivity contribution in [3.63, 3.8) is 0 Å². The van der Waals surface area contributed by atoms with E-state index in [1.807, 2.05) is 42.5 Å². The number of methoxy groups -OCH3 is 1. The molecule has 3 aromatic carbocycles.